The van der Waals surface area contributed by atoms with E-state index in [1.54, 1.807) is 0 Å². The Hall–Kier alpha value is -1.69. The van der Waals surface area contributed by atoms with E-state index in [-0.39, 0.29) is 49.0 Å². The van der Waals surface area contributed by atoms with Gasteiger partial charge in [-0.15, -0.1) is 0 Å². The quantitative estimate of drug-likeness (QED) is 0.689. The molecule has 26 heavy (non-hydrogen) atoms. The standard InChI is InChI=1S/C14H20F3N3O5S/c1-9(6-25-8-14(15,16)17)18-13(22)11-2-3-12(21)20(19-11)10-4-5-26(23,24)7-10/h9-10H,2-8H2,1H3,(H,18,22). The number of nitrogens with zero attached hydrogens (tertiary/aromatic N) is 2. The minimum atomic E-state index is -4.44. The average molecular weight is 399 g/mol. The highest BCUT2D eigenvalue weighted by Gasteiger charge is 2.37. The van der Waals surface area contributed by atoms with Crippen LogP contribution in [0.1, 0.15) is 26.2 Å². The smallest absolute Gasteiger partial charge is 0.370 e. The fourth-order valence-corrected chi connectivity index (χ4v) is 4.38. The van der Waals surface area contributed by atoms with Gasteiger partial charge in [-0.1, -0.05) is 0 Å². The van der Waals surface area contributed by atoms with Gasteiger partial charge in [-0.2, -0.15) is 18.3 Å². The lowest BCUT2D eigenvalue weighted by Gasteiger charge is -2.28. The summed E-state index contributed by atoms with van der Waals surface area (Å²) in [5.74, 6) is -1.21. The first-order valence-corrected chi connectivity index (χ1v) is 9.84. The van der Waals surface area contributed by atoms with E-state index in [4.69, 9.17) is 0 Å². The monoisotopic (exact) mass is 399 g/mol. The third-order valence-electron chi connectivity index (χ3n) is 3.89. The van der Waals surface area contributed by atoms with Gasteiger partial charge in [-0.25, -0.2) is 13.4 Å². The van der Waals surface area contributed by atoms with Crippen LogP contribution >= 0.6 is 0 Å². The van der Waals surface area contributed by atoms with E-state index in [0.29, 0.717) is 0 Å². The predicted molar refractivity (Wildman–Crippen MR) is 85.1 cm³/mol. The average Bonchev–Trinajstić information content (AvgIpc) is 2.86. The van der Waals surface area contributed by atoms with Crippen LogP contribution in [0.25, 0.3) is 0 Å². The molecule has 0 bridgehead atoms. The van der Waals surface area contributed by atoms with E-state index in [0.717, 1.165) is 5.01 Å². The number of hydrogen-bond acceptors (Lipinski definition) is 6. The maximum absolute atomic E-state index is 12.2. The van der Waals surface area contributed by atoms with Crippen molar-refractivity contribution >= 4 is 27.4 Å². The van der Waals surface area contributed by atoms with Gasteiger partial charge >= 0.3 is 6.18 Å². The largest absolute Gasteiger partial charge is 0.411 e. The Labute approximate surface area is 148 Å². The summed E-state index contributed by atoms with van der Waals surface area (Å²) < 4.78 is 63.7. The van der Waals surface area contributed by atoms with Gasteiger partial charge in [0.25, 0.3) is 5.91 Å². The van der Waals surface area contributed by atoms with Crippen LogP contribution in [0, 0.1) is 0 Å². The topological polar surface area (TPSA) is 105 Å². The van der Waals surface area contributed by atoms with Crippen molar-refractivity contribution in [2.45, 2.75) is 44.4 Å². The summed E-state index contributed by atoms with van der Waals surface area (Å²) in [7, 11) is -3.22. The lowest BCUT2D eigenvalue weighted by molar-refractivity contribution is -0.175. The number of carbonyl (C=O) groups excluding carboxylic acids is 2. The van der Waals surface area contributed by atoms with Gasteiger partial charge in [0.2, 0.25) is 5.91 Å². The van der Waals surface area contributed by atoms with Crippen molar-refractivity contribution in [1.82, 2.24) is 10.3 Å². The van der Waals surface area contributed by atoms with Crippen LogP contribution in [0.5, 0.6) is 0 Å². The number of hydrazone groups is 1. The maximum atomic E-state index is 12.2. The van der Waals surface area contributed by atoms with E-state index in [9.17, 15) is 31.2 Å². The Bertz CT molecular complexity index is 692. The molecule has 1 saturated heterocycles. The summed E-state index contributed by atoms with van der Waals surface area (Å²) in [5, 5.41) is 7.50. The van der Waals surface area contributed by atoms with Gasteiger partial charge in [0.05, 0.1) is 24.2 Å². The Kier molecular flexibility index (Phi) is 6.27. The van der Waals surface area contributed by atoms with Crippen LogP contribution in [0.15, 0.2) is 5.10 Å². The van der Waals surface area contributed by atoms with Crippen molar-refractivity contribution in [3.8, 4) is 0 Å². The SMILES string of the molecule is CC(COCC(F)(F)F)NC(=O)C1=NN(C2CCS(=O)(=O)C2)C(=O)CC1. The van der Waals surface area contributed by atoms with Crippen LogP contribution in [0.2, 0.25) is 0 Å². The highest BCUT2D eigenvalue weighted by Crippen LogP contribution is 2.22. The molecule has 2 amide bonds. The third-order valence-corrected chi connectivity index (χ3v) is 5.64. The molecule has 1 N–H and O–H groups in total. The zero-order valence-electron chi connectivity index (χ0n) is 14.1. The summed E-state index contributed by atoms with van der Waals surface area (Å²) >= 11 is 0. The second kappa shape index (κ2) is 7.91. The van der Waals surface area contributed by atoms with Gasteiger partial charge in [-0.05, 0) is 13.3 Å². The van der Waals surface area contributed by atoms with Crippen molar-refractivity contribution < 1.29 is 35.9 Å². The van der Waals surface area contributed by atoms with Crippen molar-refractivity contribution in [1.29, 1.82) is 0 Å². The van der Waals surface area contributed by atoms with Gasteiger partial charge in [0.1, 0.15) is 12.3 Å². The number of ether oxygens (including phenoxy) is 1. The first-order valence-electron chi connectivity index (χ1n) is 8.02. The zero-order chi connectivity index (χ0) is 19.5. The van der Waals surface area contributed by atoms with E-state index in [2.05, 4.69) is 15.2 Å². The minimum Gasteiger partial charge on any atom is -0.370 e. The highest BCUT2D eigenvalue weighted by atomic mass is 32.2. The predicted octanol–water partition coefficient (Wildman–Crippen LogP) is 0.235. The molecular weight excluding hydrogens is 379 g/mol. The lowest BCUT2D eigenvalue weighted by Crippen LogP contribution is -2.46. The summed E-state index contributed by atoms with van der Waals surface area (Å²) in [6.07, 6.45) is -4.09. The van der Waals surface area contributed by atoms with Crippen molar-refractivity contribution in [3.63, 3.8) is 0 Å². The van der Waals surface area contributed by atoms with Crippen LogP contribution in [-0.4, -0.2) is 73.9 Å². The second-order valence-corrected chi connectivity index (χ2v) is 8.58. The molecule has 2 rings (SSSR count). The van der Waals surface area contributed by atoms with Crippen LogP contribution < -0.4 is 5.32 Å². The number of rotatable bonds is 6. The lowest BCUT2D eigenvalue weighted by atomic mass is 10.1. The zero-order valence-corrected chi connectivity index (χ0v) is 14.9. The molecule has 0 radical (unpaired) electrons. The number of nitrogens with one attached hydrogen (secondary N) is 1. The molecule has 12 heteroatoms. The number of alkyl halides is 3. The molecule has 2 atom stereocenters. The maximum Gasteiger partial charge on any atom is 0.411 e. The molecule has 148 valence electrons. The number of sulfone groups is 1. The number of hydrogen-bond donors (Lipinski definition) is 1. The van der Waals surface area contributed by atoms with Gasteiger partial charge in [-0.3, -0.25) is 9.59 Å². The third kappa shape index (κ3) is 5.94. The molecule has 0 saturated carbocycles. The van der Waals surface area contributed by atoms with Crippen molar-refractivity contribution in [2.24, 2.45) is 5.10 Å². The van der Waals surface area contributed by atoms with Gasteiger partial charge in [0, 0.05) is 18.9 Å². The van der Waals surface area contributed by atoms with E-state index in [1.807, 2.05) is 0 Å². The molecule has 0 spiro atoms. The van der Waals surface area contributed by atoms with Gasteiger partial charge in [0.15, 0.2) is 9.84 Å². The number of carbonyl (C=O) groups is 2. The molecule has 2 unspecified atom stereocenters. The van der Waals surface area contributed by atoms with E-state index < -0.39 is 40.6 Å². The second-order valence-electron chi connectivity index (χ2n) is 6.35. The first kappa shape index (κ1) is 20.6. The fraction of sp³-hybridized carbons (Fsp3) is 0.786. The highest BCUT2D eigenvalue weighted by molar-refractivity contribution is 7.91. The Balaban J connectivity index is 1.93. The van der Waals surface area contributed by atoms with Crippen molar-refractivity contribution in [2.75, 3.05) is 24.7 Å². The molecular formula is C14H20F3N3O5S. The molecule has 1 fully saturated rings. The Morgan fingerprint density at radius 2 is 2.12 bits per heavy atom. The fourth-order valence-electron chi connectivity index (χ4n) is 2.69. The summed E-state index contributed by atoms with van der Waals surface area (Å²) in [4.78, 5) is 24.2. The molecule has 0 aromatic heterocycles. The minimum absolute atomic E-state index is 0.0156. The number of halogens is 3. The molecule has 8 nitrogen and oxygen atoms in total. The van der Waals surface area contributed by atoms with E-state index in [1.165, 1.54) is 6.92 Å². The summed E-state index contributed by atoms with van der Waals surface area (Å²) in [6.45, 7) is -0.265. The molecule has 2 aliphatic heterocycles. The Morgan fingerprint density at radius 3 is 2.69 bits per heavy atom. The molecule has 0 aliphatic carbocycles. The van der Waals surface area contributed by atoms with Crippen LogP contribution in [0.3, 0.4) is 0 Å². The first-order chi connectivity index (χ1) is 12.0. The van der Waals surface area contributed by atoms with Gasteiger partial charge < -0.3 is 10.1 Å². The van der Waals surface area contributed by atoms with Crippen LogP contribution in [0.4, 0.5) is 13.2 Å². The Morgan fingerprint density at radius 1 is 1.42 bits per heavy atom. The van der Waals surface area contributed by atoms with Crippen LogP contribution in [-0.2, 0) is 24.2 Å². The van der Waals surface area contributed by atoms with E-state index >= 15 is 0 Å². The number of amides is 2. The molecule has 0 aromatic rings. The molecule has 0 aromatic carbocycles. The van der Waals surface area contributed by atoms with Crippen molar-refractivity contribution in [3.05, 3.63) is 0 Å². The summed E-state index contributed by atoms with van der Waals surface area (Å²) in [5.41, 5.74) is 0.0385. The molecule has 2 heterocycles. The molecule has 2 aliphatic rings. The normalized spacial score (nSPS) is 24.3. The summed E-state index contributed by atoms with van der Waals surface area (Å²) in [6, 6.07) is -1.28.